The van der Waals surface area contributed by atoms with Crippen molar-refractivity contribution in [2.75, 3.05) is 42.5 Å². The van der Waals surface area contributed by atoms with Gasteiger partial charge in [-0.15, -0.1) is 0 Å². The first-order chi connectivity index (χ1) is 18.1. The van der Waals surface area contributed by atoms with Crippen LogP contribution in [0.5, 0.6) is 0 Å². The van der Waals surface area contributed by atoms with Crippen molar-refractivity contribution in [3.05, 3.63) is 78.5 Å². The zero-order valence-corrected chi connectivity index (χ0v) is 21.0. The maximum Gasteiger partial charge on any atom is 0.227 e. The Hall–Kier alpha value is -4.04. The van der Waals surface area contributed by atoms with Crippen LogP contribution in [0.4, 0.5) is 17.3 Å². The van der Waals surface area contributed by atoms with Gasteiger partial charge < -0.3 is 10.1 Å². The summed E-state index contributed by atoms with van der Waals surface area (Å²) >= 11 is 0. The predicted molar refractivity (Wildman–Crippen MR) is 144 cm³/mol. The molecule has 4 aromatic rings. The Morgan fingerprint density at radius 1 is 1.05 bits per heavy atom. The Labute approximate surface area is 217 Å². The fourth-order valence-corrected chi connectivity index (χ4v) is 4.87. The Kier molecular flexibility index (Phi) is 7.56. The number of thiol groups is 1. The van der Waals surface area contributed by atoms with E-state index in [9.17, 15) is 8.42 Å². The summed E-state index contributed by atoms with van der Waals surface area (Å²) in [5.41, 5.74) is 5.12. The summed E-state index contributed by atoms with van der Waals surface area (Å²) in [7, 11) is -2.90. The minimum atomic E-state index is -2.90. The number of aromatic nitrogens is 2. The van der Waals surface area contributed by atoms with Gasteiger partial charge in [-0.25, -0.2) is 18.4 Å². The number of para-hydroxylation sites is 1. The molecule has 188 valence electrons. The lowest BCUT2D eigenvalue weighted by Crippen LogP contribution is -2.35. The molecule has 0 spiro atoms. The van der Waals surface area contributed by atoms with Gasteiger partial charge in [-0.3, -0.25) is 9.21 Å². The van der Waals surface area contributed by atoms with Crippen LogP contribution < -0.4 is 9.62 Å². The van der Waals surface area contributed by atoms with E-state index in [1.54, 1.807) is 18.3 Å². The third kappa shape index (κ3) is 5.86. The van der Waals surface area contributed by atoms with E-state index in [1.165, 1.54) is 5.56 Å². The van der Waals surface area contributed by atoms with E-state index in [2.05, 4.69) is 27.3 Å². The molecule has 0 saturated carbocycles. The van der Waals surface area contributed by atoms with Crippen molar-refractivity contribution in [2.24, 2.45) is 0 Å². The van der Waals surface area contributed by atoms with Gasteiger partial charge in [0.15, 0.2) is 0 Å². The molecule has 0 aliphatic carbocycles. The predicted octanol–water partition coefficient (Wildman–Crippen LogP) is 3.73. The number of fused-ring (bicyclic) bond motifs is 1. The maximum atomic E-state index is 11.5. The molecular weight excluding hydrogens is 488 g/mol. The second-order valence-corrected chi connectivity index (χ2v) is 9.61. The fourth-order valence-electron chi connectivity index (χ4n) is 4.37. The van der Waals surface area contributed by atoms with Gasteiger partial charge in [-0.1, -0.05) is 42.5 Å². The van der Waals surface area contributed by atoms with Gasteiger partial charge in [0.05, 0.1) is 30.5 Å². The average molecular weight is 515 g/mol. The molecule has 0 radical (unpaired) electrons. The molecule has 0 atom stereocenters. The second-order valence-electron chi connectivity index (χ2n) is 8.65. The summed E-state index contributed by atoms with van der Waals surface area (Å²) in [5.74, 6) is 0.489. The van der Waals surface area contributed by atoms with Crippen LogP contribution in [0.2, 0.25) is 0 Å². The summed E-state index contributed by atoms with van der Waals surface area (Å²) < 4.78 is 29.5. The molecule has 0 bridgehead atoms. The van der Waals surface area contributed by atoms with Gasteiger partial charge in [0, 0.05) is 42.5 Å². The third-order valence-corrected chi connectivity index (χ3v) is 6.96. The van der Waals surface area contributed by atoms with Crippen LogP contribution in [0, 0.1) is 11.3 Å². The van der Waals surface area contributed by atoms with E-state index in [0.717, 1.165) is 64.9 Å². The summed E-state index contributed by atoms with van der Waals surface area (Å²) in [6.07, 6.45) is 1.79. The maximum absolute atomic E-state index is 11.5. The molecular formula is C27H26N6O3S. The number of hydrogen-bond acceptors (Lipinski definition) is 8. The van der Waals surface area contributed by atoms with Crippen LogP contribution in [0.25, 0.3) is 22.0 Å². The number of hydrogen-bond donors (Lipinski definition) is 2. The normalized spacial score (nSPS) is 13.9. The zero-order chi connectivity index (χ0) is 25.6. The molecule has 1 aliphatic heterocycles. The Morgan fingerprint density at radius 3 is 2.59 bits per heavy atom. The first-order valence-electron chi connectivity index (χ1n) is 11.9. The molecule has 1 fully saturated rings. The molecule has 37 heavy (non-hydrogen) atoms. The van der Waals surface area contributed by atoms with Crippen molar-refractivity contribution in [1.29, 1.82) is 5.26 Å². The first-order valence-corrected chi connectivity index (χ1v) is 13.0. The number of nitrogens with zero attached hydrogens (tertiary/aromatic N) is 5. The second kappa shape index (κ2) is 11.3. The molecule has 0 unspecified atom stereocenters. The molecule has 2 heterocycles. The van der Waals surface area contributed by atoms with Gasteiger partial charge >= 0.3 is 0 Å². The molecule has 1 aliphatic rings. The number of ether oxygens (including phenoxy) is 1. The van der Waals surface area contributed by atoms with Crippen molar-refractivity contribution in [3.8, 4) is 17.2 Å². The van der Waals surface area contributed by atoms with Crippen LogP contribution in [0.3, 0.4) is 0 Å². The summed E-state index contributed by atoms with van der Waals surface area (Å²) in [5, 5.41) is 13.2. The highest BCUT2D eigenvalue weighted by Gasteiger charge is 2.13. The monoisotopic (exact) mass is 514 g/mol. The summed E-state index contributed by atoms with van der Waals surface area (Å²) in [6.45, 7) is 4.03. The fraction of sp³-hybridized carbons (Fsp3) is 0.222. The highest BCUT2D eigenvalue weighted by Crippen LogP contribution is 2.30. The van der Waals surface area contributed by atoms with Crippen LogP contribution in [0.15, 0.2) is 72.9 Å². The van der Waals surface area contributed by atoms with Crippen LogP contribution in [-0.2, 0) is 22.2 Å². The number of morpholine rings is 1. The molecule has 10 heteroatoms. The van der Waals surface area contributed by atoms with Gasteiger partial charge in [-0.05, 0) is 35.4 Å². The Balaban J connectivity index is 1.40. The lowest BCUT2D eigenvalue weighted by molar-refractivity contribution is 0.0342. The van der Waals surface area contributed by atoms with E-state index >= 15 is 0 Å². The van der Waals surface area contributed by atoms with Gasteiger partial charge in [0.1, 0.15) is 6.54 Å². The first kappa shape index (κ1) is 24.6. The van der Waals surface area contributed by atoms with E-state index in [4.69, 9.17) is 15.0 Å². The zero-order valence-electron chi connectivity index (χ0n) is 20.1. The SMILES string of the molecule is N#CCN(c1ccc(-c2cccc3cnc(Nc4cccc(CN5CCOCC5)c4)nc23)cc1)[SH](=O)=O. The Morgan fingerprint density at radius 2 is 1.84 bits per heavy atom. The van der Waals surface area contributed by atoms with Crippen molar-refractivity contribution in [1.82, 2.24) is 14.9 Å². The highest BCUT2D eigenvalue weighted by molar-refractivity contribution is 7.74. The number of nitriles is 1. The lowest BCUT2D eigenvalue weighted by Gasteiger charge is -2.26. The molecule has 3 aromatic carbocycles. The van der Waals surface area contributed by atoms with Crippen LogP contribution in [0.1, 0.15) is 5.56 Å². The van der Waals surface area contributed by atoms with E-state index < -0.39 is 10.9 Å². The minimum Gasteiger partial charge on any atom is -0.379 e. The topological polar surface area (TPSA) is 111 Å². The van der Waals surface area contributed by atoms with Gasteiger partial charge in [0.25, 0.3) is 0 Å². The minimum absolute atomic E-state index is 0.234. The van der Waals surface area contributed by atoms with E-state index in [1.807, 2.05) is 48.5 Å². The molecule has 0 amide bonds. The Bertz CT molecular complexity index is 1500. The average Bonchev–Trinajstić information content (AvgIpc) is 2.92. The van der Waals surface area contributed by atoms with Crippen molar-refractivity contribution in [3.63, 3.8) is 0 Å². The summed E-state index contributed by atoms with van der Waals surface area (Å²) in [4.78, 5) is 11.7. The van der Waals surface area contributed by atoms with E-state index in [-0.39, 0.29) is 6.54 Å². The van der Waals surface area contributed by atoms with Crippen LogP contribution in [-0.4, -0.2) is 56.1 Å². The van der Waals surface area contributed by atoms with Gasteiger partial charge in [-0.2, -0.15) is 5.26 Å². The molecule has 5 rings (SSSR count). The third-order valence-electron chi connectivity index (χ3n) is 6.20. The van der Waals surface area contributed by atoms with Crippen molar-refractivity contribution < 1.29 is 13.2 Å². The summed E-state index contributed by atoms with van der Waals surface area (Å²) in [6, 6.07) is 23.0. The molecule has 9 nitrogen and oxygen atoms in total. The van der Waals surface area contributed by atoms with Crippen molar-refractivity contribution >= 4 is 39.1 Å². The number of anilines is 3. The lowest BCUT2D eigenvalue weighted by atomic mass is 10.0. The highest BCUT2D eigenvalue weighted by atomic mass is 32.2. The molecule has 1 aromatic heterocycles. The number of benzene rings is 3. The molecule has 1 saturated heterocycles. The van der Waals surface area contributed by atoms with E-state index in [0.29, 0.717) is 11.6 Å². The molecule has 1 N–H and O–H groups in total. The largest absolute Gasteiger partial charge is 0.379 e. The number of rotatable bonds is 8. The van der Waals surface area contributed by atoms with Crippen molar-refractivity contribution in [2.45, 2.75) is 6.54 Å². The number of nitrogens with one attached hydrogen (secondary N) is 1. The van der Waals surface area contributed by atoms with Crippen LogP contribution >= 0.6 is 0 Å². The van der Waals surface area contributed by atoms with Gasteiger partial charge in [0.2, 0.25) is 16.8 Å². The smallest absolute Gasteiger partial charge is 0.227 e. The standard InChI is InChI=1S/C27H26N6O3S/c28-11-12-33(37(34)35)24-9-7-21(8-10-24)25-6-2-4-22-18-29-27(31-26(22)25)30-23-5-1-3-20(17-23)19-32-13-15-36-16-14-32/h1-10,17-18,37H,12-16,19H2,(H,29,30,31). The quantitative estimate of drug-likeness (QED) is 0.270.